The molecule has 0 bridgehead atoms. The van der Waals surface area contributed by atoms with E-state index >= 15 is 0 Å². The fourth-order valence-electron chi connectivity index (χ4n) is 2.41. The van der Waals surface area contributed by atoms with Crippen LogP contribution in [0.5, 0.6) is 0 Å². The van der Waals surface area contributed by atoms with Crippen molar-refractivity contribution in [2.24, 2.45) is 7.05 Å². The molecule has 20 heavy (non-hydrogen) atoms. The van der Waals surface area contributed by atoms with Gasteiger partial charge in [0.15, 0.2) is 0 Å². The summed E-state index contributed by atoms with van der Waals surface area (Å²) in [5, 5.41) is 3.28. The predicted octanol–water partition coefficient (Wildman–Crippen LogP) is 1.87. The molecule has 1 unspecified atom stereocenters. The lowest BCUT2D eigenvalue weighted by molar-refractivity contribution is 0.550. The Kier molecular flexibility index (Phi) is 3.43. The molecule has 0 aliphatic rings. The van der Waals surface area contributed by atoms with E-state index in [1.807, 2.05) is 32.3 Å². The topological polar surface area (TPSA) is 55.6 Å². The van der Waals surface area contributed by atoms with Gasteiger partial charge < -0.3 is 9.88 Å². The van der Waals surface area contributed by atoms with Crippen molar-refractivity contribution in [2.75, 3.05) is 7.05 Å². The smallest absolute Gasteiger partial charge is 0.111 e. The Morgan fingerprint density at radius 2 is 2.10 bits per heavy atom. The van der Waals surface area contributed by atoms with Gasteiger partial charge in [-0.15, -0.1) is 0 Å². The van der Waals surface area contributed by atoms with Crippen molar-refractivity contribution in [3.8, 4) is 0 Å². The number of nitrogens with zero attached hydrogens (tertiary/aromatic N) is 4. The number of aromatic nitrogens is 4. The summed E-state index contributed by atoms with van der Waals surface area (Å²) in [6.45, 7) is 0. The molecule has 3 rings (SSSR count). The van der Waals surface area contributed by atoms with Crippen LogP contribution in [-0.2, 0) is 13.5 Å². The molecule has 0 radical (unpaired) electrons. The molecule has 5 heteroatoms. The maximum atomic E-state index is 4.70. The maximum Gasteiger partial charge on any atom is 0.111 e. The third-order valence-electron chi connectivity index (χ3n) is 3.56. The summed E-state index contributed by atoms with van der Waals surface area (Å²) in [4.78, 5) is 13.2. The van der Waals surface area contributed by atoms with Crippen LogP contribution in [0.3, 0.4) is 0 Å². The largest absolute Gasteiger partial charge is 0.331 e. The van der Waals surface area contributed by atoms with Crippen molar-refractivity contribution in [2.45, 2.75) is 12.5 Å². The maximum absolute atomic E-state index is 4.70. The van der Waals surface area contributed by atoms with Gasteiger partial charge in [-0.25, -0.2) is 4.98 Å². The van der Waals surface area contributed by atoms with E-state index in [4.69, 9.17) is 4.98 Å². The molecule has 0 spiro atoms. The quantitative estimate of drug-likeness (QED) is 0.784. The van der Waals surface area contributed by atoms with Gasteiger partial charge in [-0.05, 0) is 19.2 Å². The predicted molar refractivity (Wildman–Crippen MR) is 78.3 cm³/mol. The van der Waals surface area contributed by atoms with Crippen molar-refractivity contribution in [3.63, 3.8) is 0 Å². The number of hydrogen-bond donors (Lipinski definition) is 1. The molecule has 0 amide bonds. The molecule has 0 saturated carbocycles. The second-order valence-corrected chi connectivity index (χ2v) is 4.75. The third-order valence-corrected chi connectivity index (χ3v) is 3.56. The Hall–Kier alpha value is -2.27. The van der Waals surface area contributed by atoms with Gasteiger partial charge in [0.2, 0.25) is 0 Å². The molecule has 0 aliphatic heterocycles. The number of para-hydroxylation sites is 2. The first-order valence-electron chi connectivity index (χ1n) is 6.63. The Balaban J connectivity index is 1.94. The fourth-order valence-corrected chi connectivity index (χ4v) is 2.41. The number of rotatable bonds is 4. The van der Waals surface area contributed by atoms with Crippen LogP contribution in [0.2, 0.25) is 0 Å². The van der Waals surface area contributed by atoms with Crippen LogP contribution in [0.25, 0.3) is 11.0 Å². The number of likely N-dealkylation sites (N-methyl/N-ethyl adjacent to an activating group) is 1. The summed E-state index contributed by atoms with van der Waals surface area (Å²) in [7, 11) is 3.98. The van der Waals surface area contributed by atoms with Crippen LogP contribution in [0.15, 0.2) is 42.9 Å². The second kappa shape index (κ2) is 5.38. The van der Waals surface area contributed by atoms with E-state index in [0.29, 0.717) is 0 Å². The molecule has 0 saturated heterocycles. The molecule has 2 heterocycles. The average molecular weight is 267 g/mol. The molecule has 5 nitrogen and oxygen atoms in total. The zero-order chi connectivity index (χ0) is 13.9. The van der Waals surface area contributed by atoms with Crippen LogP contribution in [0, 0.1) is 0 Å². The van der Waals surface area contributed by atoms with Gasteiger partial charge in [0.1, 0.15) is 5.82 Å². The Morgan fingerprint density at radius 1 is 1.25 bits per heavy atom. The van der Waals surface area contributed by atoms with Gasteiger partial charge in [-0.3, -0.25) is 9.97 Å². The third kappa shape index (κ3) is 2.28. The molecule has 1 aromatic carbocycles. The number of fused-ring (bicyclic) bond motifs is 1. The van der Waals surface area contributed by atoms with Crippen molar-refractivity contribution < 1.29 is 0 Å². The minimum absolute atomic E-state index is 0.110. The first-order valence-corrected chi connectivity index (χ1v) is 6.63. The van der Waals surface area contributed by atoms with Crippen molar-refractivity contribution >= 4 is 11.0 Å². The van der Waals surface area contributed by atoms with Crippen molar-refractivity contribution in [3.05, 3.63) is 54.4 Å². The summed E-state index contributed by atoms with van der Waals surface area (Å²) in [5.41, 5.74) is 3.11. The zero-order valence-corrected chi connectivity index (χ0v) is 11.6. The number of imidazole rings is 1. The molecule has 3 aromatic rings. The highest BCUT2D eigenvalue weighted by molar-refractivity contribution is 5.75. The summed E-state index contributed by atoms with van der Waals surface area (Å²) in [6.07, 6.45) is 5.98. The second-order valence-electron chi connectivity index (χ2n) is 4.75. The number of benzene rings is 1. The first-order chi connectivity index (χ1) is 9.79. The van der Waals surface area contributed by atoms with Crippen LogP contribution >= 0.6 is 0 Å². The van der Waals surface area contributed by atoms with Crippen LogP contribution < -0.4 is 5.32 Å². The highest BCUT2D eigenvalue weighted by atomic mass is 15.1. The summed E-state index contributed by atoms with van der Waals surface area (Å²) >= 11 is 0. The number of hydrogen-bond acceptors (Lipinski definition) is 4. The molecular weight excluding hydrogens is 250 g/mol. The molecule has 102 valence electrons. The van der Waals surface area contributed by atoms with Gasteiger partial charge in [0, 0.05) is 32.1 Å². The van der Waals surface area contributed by atoms with Crippen LogP contribution in [0.1, 0.15) is 17.6 Å². The zero-order valence-electron chi connectivity index (χ0n) is 11.6. The number of aryl methyl sites for hydroxylation is 1. The van der Waals surface area contributed by atoms with Crippen LogP contribution in [-0.4, -0.2) is 26.6 Å². The van der Waals surface area contributed by atoms with Crippen molar-refractivity contribution in [1.82, 2.24) is 24.8 Å². The lowest BCUT2D eigenvalue weighted by atomic mass is 10.1. The Bertz CT molecular complexity index is 705. The highest BCUT2D eigenvalue weighted by Gasteiger charge is 2.16. The van der Waals surface area contributed by atoms with E-state index in [2.05, 4.69) is 25.9 Å². The normalized spacial score (nSPS) is 12.7. The molecule has 1 N–H and O–H groups in total. The lowest BCUT2D eigenvalue weighted by Crippen LogP contribution is -2.21. The SMILES string of the molecule is CNC(Cc1nc2ccccc2n1C)c1cnccn1. The van der Waals surface area contributed by atoms with E-state index < -0.39 is 0 Å². The van der Waals surface area contributed by atoms with Gasteiger partial charge in [0.25, 0.3) is 0 Å². The van der Waals surface area contributed by atoms with Gasteiger partial charge in [0.05, 0.1) is 22.8 Å². The molecule has 0 fully saturated rings. The Labute approximate surface area is 117 Å². The summed E-state index contributed by atoms with van der Waals surface area (Å²) in [6, 6.07) is 8.28. The monoisotopic (exact) mass is 267 g/mol. The van der Waals surface area contributed by atoms with Crippen molar-refractivity contribution in [1.29, 1.82) is 0 Å². The lowest BCUT2D eigenvalue weighted by Gasteiger charge is -2.14. The highest BCUT2D eigenvalue weighted by Crippen LogP contribution is 2.19. The van der Waals surface area contributed by atoms with Gasteiger partial charge >= 0.3 is 0 Å². The molecule has 0 aliphatic carbocycles. The molecular formula is C15H17N5. The minimum atomic E-state index is 0.110. The fraction of sp³-hybridized carbons (Fsp3) is 0.267. The summed E-state index contributed by atoms with van der Waals surface area (Å²) < 4.78 is 2.13. The van der Waals surface area contributed by atoms with E-state index in [1.165, 1.54) is 0 Å². The average Bonchev–Trinajstić information content (AvgIpc) is 2.82. The standard InChI is InChI=1S/C15H17N5/c1-16-12(13-10-17-7-8-18-13)9-15-19-11-5-3-4-6-14(11)20(15)2/h3-8,10,12,16H,9H2,1-2H3. The van der Waals surface area contributed by atoms with Gasteiger partial charge in [-0.2, -0.15) is 0 Å². The van der Waals surface area contributed by atoms with E-state index in [0.717, 1.165) is 29.0 Å². The minimum Gasteiger partial charge on any atom is -0.331 e. The van der Waals surface area contributed by atoms with E-state index in [-0.39, 0.29) is 6.04 Å². The summed E-state index contributed by atoms with van der Waals surface area (Å²) in [5.74, 6) is 1.04. The van der Waals surface area contributed by atoms with Crippen LogP contribution in [0.4, 0.5) is 0 Å². The van der Waals surface area contributed by atoms with Gasteiger partial charge in [-0.1, -0.05) is 12.1 Å². The first kappa shape index (κ1) is 12.7. The molecule has 2 aromatic heterocycles. The number of nitrogens with one attached hydrogen (secondary N) is 1. The van der Waals surface area contributed by atoms with E-state index in [9.17, 15) is 0 Å². The Morgan fingerprint density at radius 3 is 2.80 bits per heavy atom. The van der Waals surface area contributed by atoms with E-state index in [1.54, 1.807) is 18.6 Å². The molecule has 1 atom stereocenters.